The van der Waals surface area contributed by atoms with Gasteiger partial charge in [0.2, 0.25) is 0 Å². The summed E-state index contributed by atoms with van der Waals surface area (Å²) in [4.78, 5) is 14.6. The van der Waals surface area contributed by atoms with Gasteiger partial charge >= 0.3 is 0 Å². The standard InChI is InChI=1S/C16H24N2O2/c1-4-20-15-9-13(8-14(17)10-15)16(19)18-6-5-11(2)7-12(18)3/h8-12H,4-7,17H2,1-3H3. The van der Waals surface area contributed by atoms with Crippen LogP contribution in [-0.4, -0.2) is 30.0 Å². The molecule has 2 atom stereocenters. The van der Waals surface area contributed by atoms with Crippen molar-refractivity contribution < 1.29 is 9.53 Å². The highest BCUT2D eigenvalue weighted by Gasteiger charge is 2.27. The van der Waals surface area contributed by atoms with Crippen molar-refractivity contribution in [3.8, 4) is 5.75 Å². The van der Waals surface area contributed by atoms with Crippen molar-refractivity contribution in [2.75, 3.05) is 18.9 Å². The minimum absolute atomic E-state index is 0.0534. The zero-order chi connectivity index (χ0) is 14.7. The maximum Gasteiger partial charge on any atom is 0.254 e. The monoisotopic (exact) mass is 276 g/mol. The molecule has 2 rings (SSSR count). The topological polar surface area (TPSA) is 55.6 Å². The van der Waals surface area contributed by atoms with Gasteiger partial charge in [0.25, 0.3) is 5.91 Å². The Kier molecular flexibility index (Phi) is 4.53. The molecule has 1 saturated heterocycles. The van der Waals surface area contributed by atoms with E-state index in [2.05, 4.69) is 13.8 Å². The molecule has 0 saturated carbocycles. The molecule has 20 heavy (non-hydrogen) atoms. The van der Waals surface area contributed by atoms with Gasteiger partial charge in [0.15, 0.2) is 0 Å². The molecule has 0 radical (unpaired) electrons. The van der Waals surface area contributed by atoms with Crippen LogP contribution >= 0.6 is 0 Å². The molecule has 0 spiro atoms. The summed E-state index contributed by atoms with van der Waals surface area (Å²) in [6.45, 7) is 7.66. The lowest BCUT2D eigenvalue weighted by Gasteiger charge is -2.36. The number of ether oxygens (including phenoxy) is 1. The Balaban J connectivity index is 2.20. The number of benzene rings is 1. The van der Waals surface area contributed by atoms with Gasteiger partial charge in [-0.15, -0.1) is 0 Å². The van der Waals surface area contributed by atoms with Crippen LogP contribution < -0.4 is 10.5 Å². The number of hydrogen-bond acceptors (Lipinski definition) is 3. The number of likely N-dealkylation sites (tertiary alicyclic amines) is 1. The van der Waals surface area contributed by atoms with Crippen molar-refractivity contribution in [3.05, 3.63) is 23.8 Å². The lowest BCUT2D eigenvalue weighted by atomic mass is 9.93. The van der Waals surface area contributed by atoms with Crippen LogP contribution in [0.2, 0.25) is 0 Å². The average molecular weight is 276 g/mol. The van der Waals surface area contributed by atoms with Crippen molar-refractivity contribution in [3.63, 3.8) is 0 Å². The first-order valence-electron chi connectivity index (χ1n) is 7.35. The van der Waals surface area contributed by atoms with E-state index in [1.54, 1.807) is 18.2 Å². The molecule has 1 aliphatic heterocycles. The molecule has 110 valence electrons. The van der Waals surface area contributed by atoms with E-state index in [4.69, 9.17) is 10.5 Å². The largest absolute Gasteiger partial charge is 0.494 e. The lowest BCUT2D eigenvalue weighted by Crippen LogP contribution is -2.44. The van der Waals surface area contributed by atoms with Gasteiger partial charge < -0.3 is 15.4 Å². The van der Waals surface area contributed by atoms with Crippen molar-refractivity contribution >= 4 is 11.6 Å². The predicted molar refractivity (Wildman–Crippen MR) is 80.9 cm³/mol. The van der Waals surface area contributed by atoms with E-state index < -0.39 is 0 Å². The first-order valence-corrected chi connectivity index (χ1v) is 7.35. The Bertz CT molecular complexity index is 487. The van der Waals surface area contributed by atoms with Crippen molar-refractivity contribution in [1.29, 1.82) is 0 Å². The number of hydrogen-bond donors (Lipinski definition) is 1. The van der Waals surface area contributed by atoms with Crippen LogP contribution in [0, 0.1) is 5.92 Å². The minimum Gasteiger partial charge on any atom is -0.494 e. The summed E-state index contributed by atoms with van der Waals surface area (Å²) in [5.74, 6) is 1.40. The van der Waals surface area contributed by atoms with Crippen molar-refractivity contribution in [2.45, 2.75) is 39.7 Å². The van der Waals surface area contributed by atoms with Gasteiger partial charge in [-0.05, 0) is 44.7 Å². The summed E-state index contributed by atoms with van der Waals surface area (Å²) in [7, 11) is 0. The van der Waals surface area contributed by atoms with E-state index in [0.717, 1.165) is 19.4 Å². The van der Waals surface area contributed by atoms with Crippen LogP contribution in [0.1, 0.15) is 44.0 Å². The van der Waals surface area contributed by atoms with Gasteiger partial charge in [0.05, 0.1) is 6.61 Å². The van der Waals surface area contributed by atoms with E-state index in [0.29, 0.717) is 29.5 Å². The van der Waals surface area contributed by atoms with Crippen LogP contribution in [0.3, 0.4) is 0 Å². The number of rotatable bonds is 3. The van der Waals surface area contributed by atoms with Gasteiger partial charge in [-0.25, -0.2) is 0 Å². The van der Waals surface area contributed by atoms with E-state index in [9.17, 15) is 4.79 Å². The number of nitrogen functional groups attached to an aromatic ring is 1. The Hall–Kier alpha value is -1.71. The summed E-state index contributed by atoms with van der Waals surface area (Å²) < 4.78 is 5.46. The molecule has 1 amide bonds. The fourth-order valence-corrected chi connectivity index (χ4v) is 2.87. The minimum atomic E-state index is 0.0534. The molecule has 1 heterocycles. The third-order valence-corrected chi connectivity index (χ3v) is 3.89. The van der Waals surface area contributed by atoms with Gasteiger partial charge in [-0.1, -0.05) is 6.92 Å². The number of nitrogens with two attached hydrogens (primary N) is 1. The van der Waals surface area contributed by atoms with Crippen molar-refractivity contribution in [1.82, 2.24) is 4.90 Å². The first-order chi connectivity index (χ1) is 9.51. The number of nitrogens with zero attached hydrogens (tertiary/aromatic N) is 1. The van der Waals surface area contributed by atoms with Gasteiger partial charge in [0, 0.05) is 29.9 Å². The Morgan fingerprint density at radius 2 is 2.15 bits per heavy atom. The summed E-state index contributed by atoms with van der Waals surface area (Å²) in [5, 5.41) is 0. The third-order valence-electron chi connectivity index (χ3n) is 3.89. The maximum atomic E-state index is 12.6. The van der Waals surface area contributed by atoms with E-state index in [1.807, 2.05) is 11.8 Å². The molecule has 2 unspecified atom stereocenters. The molecule has 1 aromatic rings. The summed E-state index contributed by atoms with van der Waals surface area (Å²) in [6, 6.07) is 5.55. The fraction of sp³-hybridized carbons (Fsp3) is 0.562. The summed E-state index contributed by atoms with van der Waals surface area (Å²) in [5.41, 5.74) is 7.05. The molecule has 1 aromatic carbocycles. The maximum absolute atomic E-state index is 12.6. The molecule has 4 heteroatoms. The molecule has 1 aliphatic rings. The smallest absolute Gasteiger partial charge is 0.254 e. The average Bonchev–Trinajstić information content (AvgIpc) is 2.37. The summed E-state index contributed by atoms with van der Waals surface area (Å²) >= 11 is 0. The molecule has 0 bridgehead atoms. The van der Waals surface area contributed by atoms with Crippen LogP contribution in [0.25, 0.3) is 0 Å². The second-order valence-corrected chi connectivity index (χ2v) is 5.70. The van der Waals surface area contributed by atoms with Gasteiger partial charge in [-0.2, -0.15) is 0 Å². The Morgan fingerprint density at radius 1 is 1.40 bits per heavy atom. The highest BCUT2D eigenvalue weighted by atomic mass is 16.5. The van der Waals surface area contributed by atoms with Crippen LogP contribution in [0.5, 0.6) is 5.75 Å². The number of carbonyl (C=O) groups is 1. The lowest BCUT2D eigenvalue weighted by molar-refractivity contribution is 0.0588. The summed E-state index contributed by atoms with van der Waals surface area (Å²) in [6.07, 6.45) is 2.13. The molecular formula is C16H24N2O2. The van der Waals surface area contributed by atoms with Crippen LogP contribution in [-0.2, 0) is 0 Å². The number of anilines is 1. The zero-order valence-corrected chi connectivity index (χ0v) is 12.6. The second kappa shape index (κ2) is 6.16. The zero-order valence-electron chi connectivity index (χ0n) is 12.6. The highest BCUT2D eigenvalue weighted by Crippen LogP contribution is 2.26. The van der Waals surface area contributed by atoms with E-state index >= 15 is 0 Å². The molecule has 0 aliphatic carbocycles. The molecule has 1 fully saturated rings. The Labute approximate surface area is 120 Å². The second-order valence-electron chi connectivity index (χ2n) is 5.70. The first kappa shape index (κ1) is 14.7. The number of carbonyl (C=O) groups excluding carboxylic acids is 1. The van der Waals surface area contributed by atoms with E-state index in [1.165, 1.54) is 0 Å². The van der Waals surface area contributed by atoms with Crippen LogP contribution in [0.4, 0.5) is 5.69 Å². The van der Waals surface area contributed by atoms with Crippen molar-refractivity contribution in [2.24, 2.45) is 5.92 Å². The quantitative estimate of drug-likeness (QED) is 0.864. The van der Waals surface area contributed by atoms with Gasteiger partial charge in [0.1, 0.15) is 5.75 Å². The fourth-order valence-electron chi connectivity index (χ4n) is 2.87. The van der Waals surface area contributed by atoms with E-state index in [-0.39, 0.29) is 11.9 Å². The van der Waals surface area contributed by atoms with Gasteiger partial charge in [-0.3, -0.25) is 4.79 Å². The molecular weight excluding hydrogens is 252 g/mol. The van der Waals surface area contributed by atoms with Crippen LogP contribution in [0.15, 0.2) is 18.2 Å². The SMILES string of the molecule is CCOc1cc(N)cc(C(=O)N2CCC(C)CC2C)c1. The normalized spacial score (nSPS) is 22.6. The molecule has 4 nitrogen and oxygen atoms in total. The Morgan fingerprint density at radius 3 is 2.80 bits per heavy atom. The molecule has 0 aromatic heterocycles. The number of amides is 1. The predicted octanol–water partition coefficient (Wildman–Crippen LogP) is 2.93. The third kappa shape index (κ3) is 3.24. The highest BCUT2D eigenvalue weighted by molar-refractivity contribution is 5.95. The molecule has 2 N–H and O–H groups in total. The number of piperidine rings is 1.